The van der Waals surface area contributed by atoms with Crippen molar-refractivity contribution in [3.8, 4) is 17.2 Å². The van der Waals surface area contributed by atoms with Crippen LogP contribution in [0.5, 0.6) is 5.75 Å². The van der Waals surface area contributed by atoms with Crippen LogP contribution in [-0.4, -0.2) is 56.3 Å². The highest BCUT2D eigenvalue weighted by atomic mass is 16.4. The summed E-state index contributed by atoms with van der Waals surface area (Å²) in [6.45, 7) is 4.46. The molecule has 0 radical (unpaired) electrons. The summed E-state index contributed by atoms with van der Waals surface area (Å²) < 4.78 is 5.61. The molecule has 2 N–H and O–H groups in total. The van der Waals surface area contributed by atoms with Crippen LogP contribution in [0.15, 0.2) is 95.6 Å². The standard InChI is InChI=1S/C31H32N6O3/c1-22-32-33-30(40-22)24-9-5-11-27(19-24)36-18-15-29(34-36)37(31(39)25-10-6-12-28(38)20-25)26-13-16-35(17-14-26)21-23-7-3-2-4-8-23/h2-12,15,18-20,26,29,34,38H,13-14,16-17,21H2,1H3. The summed E-state index contributed by atoms with van der Waals surface area (Å²) in [7, 11) is 0. The first kappa shape index (κ1) is 25.8. The molecule has 0 spiro atoms. The largest absolute Gasteiger partial charge is 0.508 e. The highest BCUT2D eigenvalue weighted by Gasteiger charge is 2.35. The van der Waals surface area contributed by atoms with E-state index in [2.05, 4.69) is 44.8 Å². The van der Waals surface area contributed by atoms with E-state index < -0.39 is 0 Å². The molecule has 1 aromatic heterocycles. The van der Waals surface area contributed by atoms with Gasteiger partial charge in [0.1, 0.15) is 11.9 Å². The predicted molar refractivity (Wildman–Crippen MR) is 152 cm³/mol. The van der Waals surface area contributed by atoms with Crippen molar-refractivity contribution >= 4 is 11.6 Å². The SMILES string of the molecule is Cc1nnc(-c2cccc(N3C=CC(N(C(=O)c4cccc(O)c4)C4CCN(Cc5ccccc5)CC4)N3)c2)o1. The third kappa shape index (κ3) is 5.61. The molecule has 9 nitrogen and oxygen atoms in total. The number of likely N-dealkylation sites (tertiary alicyclic amines) is 1. The first-order chi connectivity index (χ1) is 19.5. The number of carbonyl (C=O) groups excluding carboxylic acids is 1. The second-order valence-electron chi connectivity index (χ2n) is 10.2. The predicted octanol–water partition coefficient (Wildman–Crippen LogP) is 4.72. The zero-order chi connectivity index (χ0) is 27.5. The van der Waals surface area contributed by atoms with Gasteiger partial charge in [-0.2, -0.15) is 0 Å². The summed E-state index contributed by atoms with van der Waals surface area (Å²) in [5.74, 6) is 0.933. The number of aromatic nitrogens is 2. The van der Waals surface area contributed by atoms with Gasteiger partial charge in [-0.05, 0) is 60.9 Å². The molecule has 3 heterocycles. The smallest absolute Gasteiger partial charge is 0.255 e. The molecule has 1 fully saturated rings. The van der Waals surface area contributed by atoms with Gasteiger partial charge >= 0.3 is 0 Å². The Morgan fingerprint density at radius 1 is 1.02 bits per heavy atom. The number of amides is 1. The van der Waals surface area contributed by atoms with Crippen molar-refractivity contribution in [2.45, 2.75) is 38.5 Å². The van der Waals surface area contributed by atoms with Crippen molar-refractivity contribution in [1.82, 2.24) is 25.4 Å². The Balaban J connectivity index is 1.20. The molecular weight excluding hydrogens is 504 g/mol. The lowest BCUT2D eigenvalue weighted by Gasteiger charge is -2.41. The van der Waals surface area contributed by atoms with Gasteiger partial charge in [-0.25, -0.2) is 5.43 Å². The number of phenolic OH excluding ortho intramolecular Hbond substituents is 1. The first-order valence-corrected chi connectivity index (χ1v) is 13.6. The van der Waals surface area contributed by atoms with E-state index >= 15 is 0 Å². The summed E-state index contributed by atoms with van der Waals surface area (Å²) >= 11 is 0. The molecule has 4 aromatic rings. The molecule has 3 aromatic carbocycles. The average Bonchev–Trinajstić information content (AvgIpc) is 3.64. The number of phenols is 1. The van der Waals surface area contributed by atoms with Crippen LogP contribution in [0.3, 0.4) is 0 Å². The van der Waals surface area contributed by atoms with E-state index in [0.717, 1.165) is 43.7 Å². The summed E-state index contributed by atoms with van der Waals surface area (Å²) in [5, 5.41) is 20.0. The number of carbonyl (C=O) groups is 1. The van der Waals surface area contributed by atoms with Gasteiger partial charge < -0.3 is 14.4 Å². The van der Waals surface area contributed by atoms with Gasteiger partial charge in [0.25, 0.3) is 5.91 Å². The minimum atomic E-state index is -0.352. The molecule has 0 saturated carbocycles. The molecule has 0 aliphatic carbocycles. The van der Waals surface area contributed by atoms with Crippen LogP contribution in [-0.2, 0) is 6.54 Å². The number of nitrogens with one attached hydrogen (secondary N) is 1. The number of anilines is 1. The fourth-order valence-corrected chi connectivity index (χ4v) is 5.42. The number of aromatic hydroxyl groups is 1. The van der Waals surface area contributed by atoms with Gasteiger partial charge in [0.05, 0.1) is 5.69 Å². The normalized spacial score (nSPS) is 17.8. The van der Waals surface area contributed by atoms with Crippen LogP contribution in [0.2, 0.25) is 0 Å². The molecule has 0 bridgehead atoms. The monoisotopic (exact) mass is 536 g/mol. The number of hydrogen-bond acceptors (Lipinski definition) is 8. The molecule has 1 atom stereocenters. The van der Waals surface area contributed by atoms with E-state index in [0.29, 0.717) is 17.3 Å². The topological polar surface area (TPSA) is 98.0 Å². The van der Waals surface area contributed by atoms with Crippen LogP contribution >= 0.6 is 0 Å². The first-order valence-electron chi connectivity index (χ1n) is 13.6. The summed E-state index contributed by atoms with van der Waals surface area (Å²) in [6, 6.07) is 24.9. The third-order valence-corrected chi connectivity index (χ3v) is 7.41. The summed E-state index contributed by atoms with van der Waals surface area (Å²) in [5.41, 5.74) is 6.95. The minimum Gasteiger partial charge on any atom is -0.508 e. The van der Waals surface area contributed by atoms with Gasteiger partial charge in [-0.3, -0.25) is 14.7 Å². The van der Waals surface area contributed by atoms with Gasteiger partial charge in [-0.1, -0.05) is 42.5 Å². The van der Waals surface area contributed by atoms with Crippen molar-refractivity contribution in [3.63, 3.8) is 0 Å². The van der Waals surface area contributed by atoms with E-state index in [9.17, 15) is 9.90 Å². The van der Waals surface area contributed by atoms with Crippen molar-refractivity contribution < 1.29 is 14.3 Å². The lowest BCUT2D eigenvalue weighted by molar-refractivity contribution is 0.0458. The lowest BCUT2D eigenvalue weighted by Crippen LogP contribution is -2.56. The lowest BCUT2D eigenvalue weighted by atomic mass is 10.00. The molecule has 204 valence electrons. The molecule has 40 heavy (non-hydrogen) atoms. The number of hydrazine groups is 1. The molecule has 2 aliphatic heterocycles. The fraction of sp³-hybridized carbons (Fsp3) is 0.258. The maximum atomic E-state index is 13.9. The number of aryl methyl sites for hydroxylation is 1. The van der Waals surface area contributed by atoms with E-state index in [1.807, 2.05) is 52.5 Å². The van der Waals surface area contributed by atoms with Crippen LogP contribution in [0.1, 0.15) is 34.7 Å². The van der Waals surface area contributed by atoms with Crippen LogP contribution in [0.25, 0.3) is 11.5 Å². The molecule has 1 amide bonds. The number of hydrogen-bond donors (Lipinski definition) is 2. The Bertz CT molecular complexity index is 1500. The molecular formula is C31H32N6O3. The zero-order valence-electron chi connectivity index (χ0n) is 22.4. The van der Waals surface area contributed by atoms with Crippen LogP contribution in [0, 0.1) is 6.92 Å². The second-order valence-corrected chi connectivity index (χ2v) is 10.2. The van der Waals surface area contributed by atoms with E-state index in [4.69, 9.17) is 4.42 Å². The Kier molecular flexibility index (Phi) is 7.31. The maximum Gasteiger partial charge on any atom is 0.255 e. The summed E-state index contributed by atoms with van der Waals surface area (Å²) in [4.78, 5) is 18.3. The Hall–Kier alpha value is -4.47. The van der Waals surface area contributed by atoms with Gasteiger partial charge in [-0.15, -0.1) is 10.2 Å². The maximum absolute atomic E-state index is 13.9. The molecule has 6 rings (SSSR count). The van der Waals surface area contributed by atoms with E-state index in [1.165, 1.54) is 11.6 Å². The minimum absolute atomic E-state index is 0.0386. The van der Waals surface area contributed by atoms with Gasteiger partial charge in [0.2, 0.25) is 11.8 Å². The fourth-order valence-electron chi connectivity index (χ4n) is 5.42. The van der Waals surface area contributed by atoms with Gasteiger partial charge in [0.15, 0.2) is 0 Å². The molecule has 1 unspecified atom stereocenters. The number of piperidine rings is 1. The second kappa shape index (κ2) is 11.3. The van der Waals surface area contributed by atoms with Crippen molar-refractivity contribution in [2.75, 3.05) is 18.1 Å². The average molecular weight is 537 g/mol. The van der Waals surface area contributed by atoms with Crippen molar-refractivity contribution in [1.29, 1.82) is 0 Å². The van der Waals surface area contributed by atoms with Gasteiger partial charge in [0, 0.05) is 49.9 Å². The third-order valence-electron chi connectivity index (χ3n) is 7.41. The molecule has 2 aliphatic rings. The molecule has 1 saturated heterocycles. The zero-order valence-corrected chi connectivity index (χ0v) is 22.4. The Morgan fingerprint density at radius 2 is 1.82 bits per heavy atom. The highest BCUT2D eigenvalue weighted by Crippen LogP contribution is 2.28. The Labute approximate surface area is 233 Å². The van der Waals surface area contributed by atoms with Crippen LogP contribution < -0.4 is 10.4 Å². The quantitative estimate of drug-likeness (QED) is 0.350. The number of nitrogens with zero attached hydrogens (tertiary/aromatic N) is 5. The van der Waals surface area contributed by atoms with E-state index in [-0.39, 0.29) is 23.9 Å². The Morgan fingerprint density at radius 3 is 2.58 bits per heavy atom. The van der Waals surface area contributed by atoms with E-state index in [1.54, 1.807) is 25.1 Å². The highest BCUT2D eigenvalue weighted by molar-refractivity contribution is 5.95. The van der Waals surface area contributed by atoms with Crippen molar-refractivity contribution in [3.05, 3.63) is 108 Å². The van der Waals surface area contributed by atoms with Crippen LogP contribution in [0.4, 0.5) is 5.69 Å². The number of benzene rings is 3. The summed E-state index contributed by atoms with van der Waals surface area (Å²) in [6.07, 6.45) is 5.30. The number of rotatable bonds is 7. The molecule has 9 heteroatoms. The van der Waals surface area contributed by atoms with Crippen molar-refractivity contribution in [2.24, 2.45) is 0 Å².